The first-order chi connectivity index (χ1) is 11.7. The van der Waals surface area contributed by atoms with Gasteiger partial charge in [0.1, 0.15) is 17.7 Å². The van der Waals surface area contributed by atoms with E-state index in [4.69, 9.17) is 17.0 Å². The maximum Gasteiger partial charge on any atom is 0.341 e. The van der Waals surface area contributed by atoms with Crippen LogP contribution in [0.2, 0.25) is 0 Å². The van der Waals surface area contributed by atoms with Gasteiger partial charge in [-0.2, -0.15) is 0 Å². The number of nitrogens with zero attached hydrogens (tertiary/aromatic N) is 3. The fourth-order valence-corrected chi connectivity index (χ4v) is 4.39. The maximum absolute atomic E-state index is 12.3. The van der Waals surface area contributed by atoms with E-state index in [0.29, 0.717) is 10.7 Å². The number of anilines is 1. The lowest BCUT2D eigenvalue weighted by atomic mass is 9.96. The van der Waals surface area contributed by atoms with Crippen LogP contribution in [0.3, 0.4) is 0 Å². The van der Waals surface area contributed by atoms with E-state index in [2.05, 4.69) is 20.9 Å². The summed E-state index contributed by atoms with van der Waals surface area (Å²) in [5.41, 5.74) is 4.66. The number of thiophene rings is 1. The van der Waals surface area contributed by atoms with Crippen LogP contribution in [0.5, 0.6) is 0 Å². The van der Waals surface area contributed by atoms with E-state index in [-0.39, 0.29) is 5.97 Å². The Morgan fingerprint density at radius 1 is 1.25 bits per heavy atom. The Labute approximate surface area is 149 Å². The predicted molar refractivity (Wildman–Crippen MR) is 97.1 cm³/mol. The second kappa shape index (κ2) is 7.71. The van der Waals surface area contributed by atoms with E-state index < -0.39 is 0 Å². The van der Waals surface area contributed by atoms with E-state index in [1.807, 2.05) is 0 Å². The second-order valence-electron chi connectivity index (χ2n) is 5.55. The normalized spacial score (nSPS) is 14.2. The van der Waals surface area contributed by atoms with Crippen molar-refractivity contribution in [3.63, 3.8) is 0 Å². The van der Waals surface area contributed by atoms with Gasteiger partial charge in [-0.15, -0.1) is 21.5 Å². The number of ether oxygens (including phenoxy) is 1. The molecule has 0 amide bonds. The second-order valence-corrected chi connectivity index (χ2v) is 7.06. The molecule has 7 nitrogen and oxygen atoms in total. The van der Waals surface area contributed by atoms with Gasteiger partial charge < -0.3 is 10.1 Å². The monoisotopic (exact) mass is 365 g/mol. The number of hydrogen-bond acceptors (Lipinski definition) is 6. The summed E-state index contributed by atoms with van der Waals surface area (Å²) in [4.78, 5) is 13.6. The third-order valence-electron chi connectivity index (χ3n) is 3.94. The molecule has 24 heavy (non-hydrogen) atoms. The van der Waals surface area contributed by atoms with E-state index in [1.54, 1.807) is 11.3 Å². The zero-order chi connectivity index (χ0) is 16.9. The Hall–Kier alpha value is -2.00. The Kier molecular flexibility index (Phi) is 5.41. The minimum atomic E-state index is -0.317. The van der Waals surface area contributed by atoms with Crippen molar-refractivity contribution >= 4 is 39.6 Å². The Bertz CT molecular complexity index is 727. The van der Waals surface area contributed by atoms with Crippen molar-refractivity contribution in [2.24, 2.45) is 0 Å². The smallest absolute Gasteiger partial charge is 0.341 e. The molecule has 2 heterocycles. The number of aryl methyl sites for hydroxylation is 1. The molecule has 1 aliphatic carbocycles. The molecular formula is C15H19N5O2S2. The van der Waals surface area contributed by atoms with Crippen LogP contribution in [0, 0.1) is 0 Å². The van der Waals surface area contributed by atoms with E-state index >= 15 is 0 Å². The fraction of sp³-hybridized carbons (Fsp3) is 0.467. The van der Waals surface area contributed by atoms with Gasteiger partial charge in [-0.3, -0.25) is 5.43 Å². The highest BCUT2D eigenvalue weighted by molar-refractivity contribution is 7.80. The molecule has 0 unspecified atom stereocenters. The number of esters is 1. The molecule has 128 valence electrons. The van der Waals surface area contributed by atoms with Gasteiger partial charge in [-0.05, 0) is 43.5 Å². The summed E-state index contributed by atoms with van der Waals surface area (Å²) in [5.74, 6) is -0.317. The molecule has 9 heteroatoms. The van der Waals surface area contributed by atoms with Crippen molar-refractivity contribution in [3.8, 4) is 0 Å². The summed E-state index contributed by atoms with van der Waals surface area (Å²) in [7, 11) is 1.41. The number of nitrogens with one attached hydrogen (secondary N) is 2. The number of aromatic nitrogens is 3. The zero-order valence-corrected chi connectivity index (χ0v) is 15.0. The molecular weight excluding hydrogens is 346 g/mol. The summed E-state index contributed by atoms with van der Waals surface area (Å²) in [6.45, 7) is 0. The van der Waals surface area contributed by atoms with Crippen molar-refractivity contribution in [2.75, 3.05) is 17.9 Å². The Morgan fingerprint density at radius 2 is 1.96 bits per heavy atom. The van der Waals surface area contributed by atoms with Gasteiger partial charge in [-0.25, -0.2) is 9.47 Å². The maximum atomic E-state index is 12.3. The minimum absolute atomic E-state index is 0.317. The van der Waals surface area contributed by atoms with Crippen LogP contribution >= 0.6 is 23.6 Å². The van der Waals surface area contributed by atoms with Gasteiger partial charge in [0.15, 0.2) is 5.11 Å². The fourth-order valence-electron chi connectivity index (χ4n) is 2.83. The quantitative estimate of drug-likeness (QED) is 0.639. The van der Waals surface area contributed by atoms with E-state index in [1.165, 1.54) is 42.2 Å². The lowest BCUT2D eigenvalue weighted by Crippen LogP contribution is -2.26. The lowest BCUT2D eigenvalue weighted by Gasteiger charge is -2.12. The molecule has 2 N–H and O–H groups in total. The molecule has 0 bridgehead atoms. The molecule has 0 atom stereocenters. The van der Waals surface area contributed by atoms with E-state index in [9.17, 15) is 4.79 Å². The van der Waals surface area contributed by atoms with E-state index in [0.717, 1.165) is 36.2 Å². The SMILES string of the molecule is COC(=O)c1c(NC(=S)Nn2cnnc2)sc2c1CCCCCC2. The summed E-state index contributed by atoms with van der Waals surface area (Å²) >= 11 is 6.91. The average molecular weight is 365 g/mol. The van der Waals surface area contributed by atoms with Gasteiger partial charge in [-0.1, -0.05) is 12.8 Å². The third-order valence-corrected chi connectivity index (χ3v) is 5.34. The van der Waals surface area contributed by atoms with Crippen molar-refractivity contribution in [3.05, 3.63) is 28.7 Å². The highest BCUT2D eigenvalue weighted by atomic mass is 32.1. The van der Waals surface area contributed by atoms with Gasteiger partial charge in [0.25, 0.3) is 0 Å². The Balaban J connectivity index is 1.86. The molecule has 0 fully saturated rings. The first-order valence-electron chi connectivity index (χ1n) is 7.84. The summed E-state index contributed by atoms with van der Waals surface area (Å²) in [6.07, 6.45) is 9.59. The highest BCUT2D eigenvalue weighted by Crippen LogP contribution is 2.37. The van der Waals surface area contributed by atoms with Crippen LogP contribution in [0.25, 0.3) is 0 Å². The Morgan fingerprint density at radius 3 is 2.67 bits per heavy atom. The highest BCUT2D eigenvalue weighted by Gasteiger charge is 2.25. The van der Waals surface area contributed by atoms with Gasteiger partial charge in [0.05, 0.1) is 12.7 Å². The van der Waals surface area contributed by atoms with Crippen LogP contribution in [0.1, 0.15) is 46.5 Å². The standard InChI is InChI=1S/C15H19N5O2S2/c1-22-14(21)12-10-6-4-2-3-5-7-11(10)24-13(12)18-15(23)19-20-8-16-17-9-20/h8-9H,2-7H2,1H3,(H2,18,19,23). The molecule has 0 aliphatic heterocycles. The predicted octanol–water partition coefficient (Wildman–Crippen LogP) is 2.73. The first kappa shape index (κ1) is 16.8. The molecule has 0 spiro atoms. The van der Waals surface area contributed by atoms with Crippen LogP contribution in [0.15, 0.2) is 12.7 Å². The zero-order valence-electron chi connectivity index (χ0n) is 13.4. The molecule has 0 aromatic carbocycles. The van der Waals surface area contributed by atoms with Crippen LogP contribution in [0.4, 0.5) is 5.00 Å². The molecule has 0 saturated heterocycles. The molecule has 3 rings (SSSR count). The summed E-state index contributed by atoms with van der Waals surface area (Å²) < 4.78 is 6.54. The number of fused-ring (bicyclic) bond motifs is 1. The van der Waals surface area contributed by atoms with Crippen LogP contribution in [-0.2, 0) is 17.6 Å². The van der Waals surface area contributed by atoms with Gasteiger partial charge in [0.2, 0.25) is 0 Å². The first-order valence-corrected chi connectivity index (χ1v) is 9.07. The molecule has 2 aromatic rings. The molecule has 1 aliphatic rings. The number of hydrogen-bond donors (Lipinski definition) is 2. The van der Waals surface area contributed by atoms with Crippen molar-refractivity contribution in [1.82, 2.24) is 14.9 Å². The molecule has 2 aromatic heterocycles. The number of rotatable bonds is 3. The van der Waals surface area contributed by atoms with Gasteiger partial charge in [0, 0.05) is 4.88 Å². The number of methoxy groups -OCH3 is 1. The van der Waals surface area contributed by atoms with Crippen molar-refractivity contribution in [1.29, 1.82) is 0 Å². The average Bonchev–Trinajstić information content (AvgIpc) is 3.15. The number of thiocarbonyl (C=S) groups is 1. The summed E-state index contributed by atoms with van der Waals surface area (Å²) in [6, 6.07) is 0. The number of carbonyl (C=O) groups is 1. The third kappa shape index (κ3) is 3.73. The largest absolute Gasteiger partial charge is 0.465 e. The summed E-state index contributed by atoms with van der Waals surface area (Å²) in [5, 5.41) is 11.6. The topological polar surface area (TPSA) is 81.1 Å². The van der Waals surface area contributed by atoms with Crippen molar-refractivity contribution in [2.45, 2.75) is 38.5 Å². The molecule has 0 radical (unpaired) electrons. The van der Waals surface area contributed by atoms with Gasteiger partial charge >= 0.3 is 5.97 Å². The van der Waals surface area contributed by atoms with Crippen LogP contribution < -0.4 is 10.7 Å². The van der Waals surface area contributed by atoms with Crippen LogP contribution in [-0.4, -0.2) is 33.1 Å². The minimum Gasteiger partial charge on any atom is -0.465 e. The molecule has 0 saturated carbocycles. The lowest BCUT2D eigenvalue weighted by molar-refractivity contribution is 0.0601. The van der Waals surface area contributed by atoms with Crippen molar-refractivity contribution < 1.29 is 9.53 Å². The number of carbonyl (C=O) groups excluding carboxylic acids is 1.